The van der Waals surface area contributed by atoms with Crippen LogP contribution in [0.1, 0.15) is 5.56 Å². The molecule has 1 N–H and O–H groups in total. The molecule has 0 aliphatic carbocycles. The van der Waals surface area contributed by atoms with Gasteiger partial charge in [-0.25, -0.2) is 4.98 Å². The molecule has 2 heterocycles. The van der Waals surface area contributed by atoms with Gasteiger partial charge in [-0.15, -0.1) is 5.10 Å². The third kappa shape index (κ3) is 2.25. The smallest absolute Gasteiger partial charge is 0.342 e. The Labute approximate surface area is 109 Å². The van der Waals surface area contributed by atoms with Crippen molar-refractivity contribution in [2.45, 2.75) is 6.61 Å². The molecule has 0 amide bonds. The highest BCUT2D eigenvalue weighted by molar-refractivity contribution is 5.82. The van der Waals surface area contributed by atoms with Crippen molar-refractivity contribution < 1.29 is 9.84 Å². The number of aryl methyl sites for hydroxylation is 1. The zero-order valence-electron chi connectivity index (χ0n) is 10.3. The van der Waals surface area contributed by atoms with Gasteiger partial charge in [0.1, 0.15) is 6.33 Å². The number of benzene rings is 1. The lowest BCUT2D eigenvalue weighted by Gasteiger charge is -2.06. The maximum atomic E-state index is 9.41. The van der Waals surface area contributed by atoms with Crippen molar-refractivity contribution in [2.75, 3.05) is 0 Å². The van der Waals surface area contributed by atoms with Crippen LogP contribution in [0.15, 0.2) is 36.7 Å². The van der Waals surface area contributed by atoms with Crippen molar-refractivity contribution in [3.05, 3.63) is 42.2 Å². The van der Waals surface area contributed by atoms with E-state index in [-0.39, 0.29) is 12.6 Å². The number of aliphatic hydroxyl groups excluding tert-OH is 1. The van der Waals surface area contributed by atoms with Crippen LogP contribution in [0.5, 0.6) is 11.9 Å². The van der Waals surface area contributed by atoms with Gasteiger partial charge in [0.05, 0.1) is 12.1 Å². The summed E-state index contributed by atoms with van der Waals surface area (Å²) in [6, 6.07) is 9.50. The molecule has 3 rings (SSSR count). The van der Waals surface area contributed by atoms with E-state index in [4.69, 9.17) is 4.74 Å². The van der Waals surface area contributed by atoms with Gasteiger partial charge in [-0.05, 0) is 11.6 Å². The number of nitrogens with zero attached hydrogens (tertiary/aromatic N) is 4. The highest BCUT2D eigenvalue weighted by Crippen LogP contribution is 2.24. The third-order valence-corrected chi connectivity index (χ3v) is 2.72. The summed E-state index contributed by atoms with van der Waals surface area (Å²) in [5, 5.41) is 14.3. The molecule has 0 aliphatic rings. The molecule has 0 radical (unpaired) electrons. The number of fused-ring (bicyclic) bond motifs is 1. The lowest BCUT2D eigenvalue weighted by molar-refractivity contribution is 0.282. The normalized spacial score (nSPS) is 10.8. The van der Waals surface area contributed by atoms with Gasteiger partial charge in [0, 0.05) is 18.5 Å². The number of ether oxygens (including phenoxy) is 1. The topological polar surface area (TPSA) is 73.1 Å². The SMILES string of the molecule is Cn1cnc(Oc2cc(CO)c3ccccc3n2)n1. The zero-order chi connectivity index (χ0) is 13.2. The van der Waals surface area contributed by atoms with E-state index in [9.17, 15) is 5.11 Å². The number of aromatic nitrogens is 4. The first-order valence-electron chi connectivity index (χ1n) is 5.79. The Bertz CT molecular complexity index is 723. The molecule has 0 saturated carbocycles. The van der Waals surface area contributed by atoms with Gasteiger partial charge >= 0.3 is 6.01 Å². The summed E-state index contributed by atoms with van der Waals surface area (Å²) in [5.41, 5.74) is 1.52. The van der Waals surface area contributed by atoms with Gasteiger partial charge in [0.2, 0.25) is 5.88 Å². The molecule has 0 fully saturated rings. The summed E-state index contributed by atoms with van der Waals surface area (Å²) in [7, 11) is 1.76. The highest BCUT2D eigenvalue weighted by Gasteiger charge is 2.08. The minimum atomic E-state index is -0.0744. The van der Waals surface area contributed by atoms with E-state index in [1.54, 1.807) is 24.1 Å². The van der Waals surface area contributed by atoms with Crippen LogP contribution in [0, 0.1) is 0 Å². The molecule has 96 valence electrons. The molecule has 0 spiro atoms. The fourth-order valence-electron chi connectivity index (χ4n) is 1.86. The number of pyridine rings is 1. The minimum Gasteiger partial charge on any atom is -0.404 e. The van der Waals surface area contributed by atoms with Gasteiger partial charge in [-0.1, -0.05) is 18.2 Å². The zero-order valence-corrected chi connectivity index (χ0v) is 10.3. The van der Waals surface area contributed by atoms with Crippen LogP contribution in [0.25, 0.3) is 10.9 Å². The second-order valence-corrected chi connectivity index (χ2v) is 4.10. The van der Waals surface area contributed by atoms with Crippen LogP contribution in [0.2, 0.25) is 0 Å². The summed E-state index contributed by atoms with van der Waals surface area (Å²) in [6.45, 7) is -0.0744. The van der Waals surface area contributed by atoms with Crippen LogP contribution in [0.3, 0.4) is 0 Å². The molecule has 0 saturated heterocycles. The van der Waals surface area contributed by atoms with Gasteiger partial charge in [0.25, 0.3) is 0 Å². The summed E-state index contributed by atoms with van der Waals surface area (Å²) in [6.07, 6.45) is 1.54. The molecule has 1 aromatic carbocycles. The maximum absolute atomic E-state index is 9.41. The number of aliphatic hydroxyl groups is 1. The Morgan fingerprint density at radius 3 is 2.89 bits per heavy atom. The Morgan fingerprint density at radius 1 is 1.32 bits per heavy atom. The Kier molecular flexibility index (Phi) is 2.85. The van der Waals surface area contributed by atoms with E-state index in [1.165, 1.54) is 0 Å². The fourth-order valence-corrected chi connectivity index (χ4v) is 1.86. The summed E-state index contributed by atoms with van der Waals surface area (Å²) in [5.74, 6) is 0.369. The first-order chi connectivity index (χ1) is 9.26. The van der Waals surface area contributed by atoms with E-state index in [2.05, 4.69) is 15.1 Å². The van der Waals surface area contributed by atoms with E-state index in [1.807, 2.05) is 24.3 Å². The summed E-state index contributed by atoms with van der Waals surface area (Å²) in [4.78, 5) is 8.34. The first-order valence-corrected chi connectivity index (χ1v) is 5.79. The van der Waals surface area contributed by atoms with E-state index in [0.29, 0.717) is 5.88 Å². The number of rotatable bonds is 3. The Morgan fingerprint density at radius 2 is 2.16 bits per heavy atom. The second kappa shape index (κ2) is 4.66. The predicted molar refractivity (Wildman–Crippen MR) is 68.7 cm³/mol. The molecule has 3 aromatic rings. The minimum absolute atomic E-state index is 0.0744. The first kappa shape index (κ1) is 11.6. The Balaban J connectivity index is 2.04. The van der Waals surface area contributed by atoms with Crippen LogP contribution in [0.4, 0.5) is 0 Å². The monoisotopic (exact) mass is 256 g/mol. The number of para-hydroxylation sites is 1. The van der Waals surface area contributed by atoms with Crippen LogP contribution < -0.4 is 4.74 Å². The molecule has 2 aromatic heterocycles. The summed E-state index contributed by atoms with van der Waals surface area (Å²) < 4.78 is 7.03. The molecule has 6 nitrogen and oxygen atoms in total. The van der Waals surface area contributed by atoms with Crippen molar-refractivity contribution in [1.29, 1.82) is 0 Å². The van der Waals surface area contributed by atoms with Gasteiger partial charge < -0.3 is 9.84 Å². The van der Waals surface area contributed by atoms with E-state index < -0.39 is 0 Å². The molecular weight excluding hydrogens is 244 g/mol. The Hall–Kier alpha value is -2.47. The fraction of sp³-hybridized carbons (Fsp3) is 0.154. The van der Waals surface area contributed by atoms with Crippen molar-refractivity contribution in [3.63, 3.8) is 0 Å². The molecule has 0 bridgehead atoms. The molecule has 19 heavy (non-hydrogen) atoms. The largest absolute Gasteiger partial charge is 0.404 e. The van der Waals surface area contributed by atoms with E-state index >= 15 is 0 Å². The predicted octanol–water partition coefficient (Wildman–Crippen LogP) is 1.65. The van der Waals surface area contributed by atoms with Gasteiger partial charge in [0.15, 0.2) is 0 Å². The third-order valence-electron chi connectivity index (χ3n) is 2.72. The molecular formula is C13H12N4O2. The van der Waals surface area contributed by atoms with Crippen molar-refractivity contribution in [3.8, 4) is 11.9 Å². The summed E-state index contributed by atoms with van der Waals surface area (Å²) >= 11 is 0. The van der Waals surface area contributed by atoms with Gasteiger partial charge in [-0.3, -0.25) is 4.68 Å². The highest BCUT2D eigenvalue weighted by atomic mass is 16.5. The van der Waals surface area contributed by atoms with Crippen LogP contribution in [-0.2, 0) is 13.7 Å². The number of hydrogen-bond donors (Lipinski definition) is 1. The number of hydrogen-bond acceptors (Lipinski definition) is 5. The lowest BCUT2D eigenvalue weighted by atomic mass is 10.1. The average Bonchev–Trinajstić information content (AvgIpc) is 2.83. The molecule has 6 heteroatoms. The van der Waals surface area contributed by atoms with Crippen molar-refractivity contribution >= 4 is 10.9 Å². The second-order valence-electron chi connectivity index (χ2n) is 4.10. The van der Waals surface area contributed by atoms with Crippen LogP contribution >= 0.6 is 0 Å². The van der Waals surface area contributed by atoms with Gasteiger partial charge in [-0.2, -0.15) is 4.98 Å². The van der Waals surface area contributed by atoms with Crippen molar-refractivity contribution in [1.82, 2.24) is 19.7 Å². The lowest BCUT2D eigenvalue weighted by Crippen LogP contribution is -1.95. The molecule has 0 aliphatic heterocycles. The maximum Gasteiger partial charge on any atom is 0.342 e. The van der Waals surface area contributed by atoms with Crippen LogP contribution in [-0.4, -0.2) is 24.9 Å². The standard InChI is InChI=1S/C13H12N4O2/c1-17-8-14-13(16-17)19-12-6-9(7-18)10-4-2-3-5-11(10)15-12/h2-6,8,18H,7H2,1H3. The van der Waals surface area contributed by atoms with Crippen molar-refractivity contribution in [2.24, 2.45) is 7.05 Å². The average molecular weight is 256 g/mol. The molecule has 0 unspecified atom stereocenters. The van der Waals surface area contributed by atoms with E-state index in [0.717, 1.165) is 16.5 Å². The molecule has 0 atom stereocenters. The quantitative estimate of drug-likeness (QED) is 0.771.